The van der Waals surface area contributed by atoms with Crippen molar-refractivity contribution >= 4 is 21.4 Å². The summed E-state index contributed by atoms with van der Waals surface area (Å²) in [6, 6.07) is 25.1. The number of methoxy groups -OCH3 is 1. The van der Waals surface area contributed by atoms with Gasteiger partial charge in [-0.1, -0.05) is 48.5 Å². The first-order valence-corrected chi connectivity index (χ1v) is 14.9. The summed E-state index contributed by atoms with van der Waals surface area (Å²) in [6.07, 6.45) is 4.80. The minimum atomic E-state index is 0.839. The summed E-state index contributed by atoms with van der Waals surface area (Å²) in [6.45, 7) is 8.42. The molecular weight excluding hydrogens is 488 g/mol. The van der Waals surface area contributed by atoms with E-state index in [1.54, 1.807) is 7.11 Å². The van der Waals surface area contributed by atoms with Crippen LogP contribution in [0.5, 0.6) is 5.75 Å². The molecule has 2 aliphatic rings. The van der Waals surface area contributed by atoms with Gasteiger partial charge in [0.1, 0.15) is 5.75 Å². The van der Waals surface area contributed by atoms with Crippen molar-refractivity contribution in [1.29, 1.82) is 0 Å². The Morgan fingerprint density at radius 1 is 0.789 bits per heavy atom. The molecule has 4 aromatic rings. The van der Waals surface area contributed by atoms with Gasteiger partial charge in [-0.25, -0.2) is 0 Å². The van der Waals surface area contributed by atoms with Crippen LogP contribution in [0.25, 0.3) is 20.5 Å². The van der Waals surface area contributed by atoms with Gasteiger partial charge in [0.15, 0.2) is 0 Å². The van der Waals surface area contributed by atoms with Gasteiger partial charge in [0.2, 0.25) is 0 Å². The summed E-state index contributed by atoms with van der Waals surface area (Å²) >= 11 is 1.88. The van der Waals surface area contributed by atoms with Gasteiger partial charge in [-0.05, 0) is 90.2 Å². The summed E-state index contributed by atoms with van der Waals surface area (Å²) < 4.78 is 12.3. The van der Waals surface area contributed by atoms with E-state index in [9.17, 15) is 0 Å². The van der Waals surface area contributed by atoms with Crippen molar-refractivity contribution in [3.05, 3.63) is 89.0 Å². The first-order valence-electron chi connectivity index (χ1n) is 14.0. The summed E-state index contributed by atoms with van der Waals surface area (Å²) in [5.41, 5.74) is 6.89. The number of fused-ring (bicyclic) bond motifs is 1. The fraction of sp³-hybridized carbons (Fsp3) is 0.394. The van der Waals surface area contributed by atoms with Crippen molar-refractivity contribution in [2.75, 3.05) is 53.0 Å². The van der Waals surface area contributed by atoms with Gasteiger partial charge in [-0.2, -0.15) is 0 Å². The summed E-state index contributed by atoms with van der Waals surface area (Å²) in [5.74, 6) is 0.917. The van der Waals surface area contributed by atoms with Crippen LogP contribution in [0.4, 0.5) is 0 Å². The highest BCUT2D eigenvalue weighted by Gasteiger charge is 2.17. The minimum absolute atomic E-state index is 0.839. The van der Waals surface area contributed by atoms with Crippen LogP contribution >= 0.6 is 11.3 Å². The molecule has 3 heterocycles. The van der Waals surface area contributed by atoms with Crippen LogP contribution in [0.3, 0.4) is 0 Å². The van der Waals surface area contributed by atoms with Crippen LogP contribution in [-0.4, -0.2) is 62.8 Å². The molecule has 5 heteroatoms. The monoisotopic (exact) mass is 526 g/mol. The average molecular weight is 527 g/mol. The van der Waals surface area contributed by atoms with Crippen molar-refractivity contribution < 1.29 is 9.47 Å². The lowest BCUT2D eigenvalue weighted by Crippen LogP contribution is -2.35. The molecule has 198 valence electrons. The van der Waals surface area contributed by atoms with E-state index in [-0.39, 0.29) is 0 Å². The molecule has 2 saturated heterocycles. The molecule has 0 saturated carbocycles. The molecular formula is C33H38N2O2S. The number of likely N-dealkylation sites (tertiary alicyclic amines) is 1. The Labute approximate surface area is 230 Å². The molecule has 0 aliphatic carbocycles. The molecule has 4 nitrogen and oxygen atoms in total. The normalized spacial score (nSPS) is 16.9. The fourth-order valence-corrected chi connectivity index (χ4v) is 7.02. The van der Waals surface area contributed by atoms with Crippen molar-refractivity contribution in [2.45, 2.75) is 32.2 Å². The van der Waals surface area contributed by atoms with Crippen LogP contribution in [-0.2, 0) is 24.1 Å². The molecule has 2 fully saturated rings. The molecule has 0 N–H and O–H groups in total. The topological polar surface area (TPSA) is 24.9 Å². The quantitative estimate of drug-likeness (QED) is 0.244. The van der Waals surface area contributed by atoms with E-state index in [1.807, 2.05) is 11.3 Å². The standard InChI is InChI=1S/C33H38N2O2S/c1-36-29-12-13-30-31(22-26-6-4-25(5-7-26)14-17-34-15-2-3-16-34)33(38-32(30)23-29)28-10-8-27(9-11-28)24-35-18-20-37-21-19-35/h4-13,23H,2-3,14-22,24H2,1H3. The van der Waals surface area contributed by atoms with Crippen LogP contribution in [0.15, 0.2) is 66.7 Å². The summed E-state index contributed by atoms with van der Waals surface area (Å²) in [7, 11) is 1.75. The van der Waals surface area contributed by atoms with Gasteiger partial charge in [0.25, 0.3) is 0 Å². The van der Waals surface area contributed by atoms with E-state index in [2.05, 4.69) is 76.5 Å². The van der Waals surface area contributed by atoms with Crippen LogP contribution in [0.1, 0.15) is 35.1 Å². The number of thiophene rings is 1. The highest BCUT2D eigenvalue weighted by molar-refractivity contribution is 7.22. The molecule has 0 radical (unpaired) electrons. The lowest BCUT2D eigenvalue weighted by atomic mass is 9.97. The molecule has 38 heavy (non-hydrogen) atoms. The van der Waals surface area contributed by atoms with Gasteiger partial charge >= 0.3 is 0 Å². The van der Waals surface area contributed by atoms with Crippen molar-refractivity contribution in [1.82, 2.24) is 9.80 Å². The maximum absolute atomic E-state index is 5.55. The SMILES string of the molecule is COc1ccc2c(Cc3ccc(CCN4CCCC4)cc3)c(-c3ccc(CN4CCOCC4)cc3)sc2c1. The third-order valence-corrected chi connectivity index (χ3v) is 9.29. The second kappa shape index (κ2) is 12.0. The number of hydrogen-bond acceptors (Lipinski definition) is 5. The largest absolute Gasteiger partial charge is 0.497 e. The molecule has 0 amide bonds. The maximum atomic E-state index is 5.55. The van der Waals surface area contributed by atoms with Gasteiger partial charge in [0.05, 0.1) is 20.3 Å². The molecule has 2 aliphatic heterocycles. The summed E-state index contributed by atoms with van der Waals surface area (Å²) in [5, 5.41) is 1.33. The minimum Gasteiger partial charge on any atom is -0.497 e. The molecule has 0 atom stereocenters. The second-order valence-corrected chi connectivity index (χ2v) is 11.7. The molecule has 1 aromatic heterocycles. The fourth-order valence-electron chi connectivity index (χ4n) is 5.77. The Hall–Kier alpha value is -2.70. The van der Waals surface area contributed by atoms with Crippen LogP contribution in [0, 0.1) is 0 Å². The van der Waals surface area contributed by atoms with Crippen molar-refractivity contribution in [2.24, 2.45) is 0 Å². The lowest BCUT2D eigenvalue weighted by molar-refractivity contribution is 0.0342. The lowest BCUT2D eigenvalue weighted by Gasteiger charge is -2.26. The smallest absolute Gasteiger partial charge is 0.120 e. The van der Waals surface area contributed by atoms with Gasteiger partial charge in [-0.3, -0.25) is 4.90 Å². The molecule has 0 spiro atoms. The first kappa shape index (κ1) is 25.6. The first-order chi connectivity index (χ1) is 18.7. The van der Waals surface area contributed by atoms with Crippen LogP contribution in [0.2, 0.25) is 0 Å². The number of benzene rings is 3. The van der Waals surface area contributed by atoms with Crippen molar-refractivity contribution in [3.63, 3.8) is 0 Å². The Balaban J connectivity index is 1.24. The van der Waals surface area contributed by atoms with E-state index in [1.165, 1.54) is 75.3 Å². The zero-order valence-corrected chi connectivity index (χ0v) is 23.3. The van der Waals surface area contributed by atoms with E-state index in [4.69, 9.17) is 9.47 Å². The predicted octanol–water partition coefficient (Wildman–Crippen LogP) is 6.64. The highest BCUT2D eigenvalue weighted by atomic mass is 32.1. The van der Waals surface area contributed by atoms with Crippen molar-refractivity contribution in [3.8, 4) is 16.2 Å². The third kappa shape index (κ3) is 5.97. The average Bonchev–Trinajstić information content (AvgIpc) is 3.61. The summed E-state index contributed by atoms with van der Waals surface area (Å²) in [4.78, 5) is 6.44. The zero-order valence-electron chi connectivity index (χ0n) is 22.5. The van der Waals surface area contributed by atoms with E-state index in [0.29, 0.717) is 0 Å². The maximum Gasteiger partial charge on any atom is 0.120 e. The Morgan fingerprint density at radius 3 is 2.24 bits per heavy atom. The van der Waals surface area contributed by atoms with Crippen LogP contribution < -0.4 is 4.74 Å². The van der Waals surface area contributed by atoms with Gasteiger partial charge < -0.3 is 14.4 Å². The van der Waals surface area contributed by atoms with E-state index in [0.717, 1.165) is 51.4 Å². The highest BCUT2D eigenvalue weighted by Crippen LogP contribution is 2.41. The Bertz CT molecular complexity index is 1330. The predicted molar refractivity (Wildman–Crippen MR) is 159 cm³/mol. The molecule has 6 rings (SSSR count). The number of nitrogens with zero attached hydrogens (tertiary/aromatic N) is 2. The van der Waals surface area contributed by atoms with E-state index < -0.39 is 0 Å². The molecule has 0 bridgehead atoms. The molecule has 3 aromatic carbocycles. The Kier molecular flexibility index (Phi) is 8.07. The zero-order chi connectivity index (χ0) is 25.7. The number of ether oxygens (including phenoxy) is 2. The number of hydrogen-bond donors (Lipinski definition) is 0. The van der Waals surface area contributed by atoms with Gasteiger partial charge in [-0.15, -0.1) is 11.3 Å². The second-order valence-electron chi connectivity index (χ2n) is 10.6. The Morgan fingerprint density at radius 2 is 1.50 bits per heavy atom. The molecule has 0 unspecified atom stereocenters. The number of rotatable bonds is 9. The van der Waals surface area contributed by atoms with E-state index >= 15 is 0 Å². The van der Waals surface area contributed by atoms with Gasteiger partial charge in [0, 0.05) is 35.8 Å². The third-order valence-electron chi connectivity index (χ3n) is 8.05. The number of morpholine rings is 1.